The predicted octanol–water partition coefficient (Wildman–Crippen LogP) is 0.661. The first-order chi connectivity index (χ1) is 10.1. The molecule has 0 saturated carbocycles. The SMILES string of the molecule is CC(CN1CCN(c2ccccc2)CC1)NC(=O)C(C)N. The Balaban J connectivity index is 1.75. The van der Waals surface area contributed by atoms with Gasteiger partial charge in [0.2, 0.25) is 5.91 Å². The molecule has 5 heteroatoms. The van der Waals surface area contributed by atoms with Crippen molar-refractivity contribution in [1.82, 2.24) is 10.2 Å². The molecule has 2 atom stereocenters. The Bertz CT molecular complexity index is 441. The summed E-state index contributed by atoms with van der Waals surface area (Å²) in [4.78, 5) is 16.4. The van der Waals surface area contributed by atoms with Crippen molar-refractivity contribution in [1.29, 1.82) is 0 Å². The normalized spacial score (nSPS) is 19.1. The van der Waals surface area contributed by atoms with Gasteiger partial charge in [0.15, 0.2) is 0 Å². The quantitative estimate of drug-likeness (QED) is 0.836. The molecule has 1 saturated heterocycles. The molecule has 1 heterocycles. The van der Waals surface area contributed by atoms with Crippen molar-refractivity contribution in [3.05, 3.63) is 30.3 Å². The van der Waals surface area contributed by atoms with Crippen LogP contribution in [0, 0.1) is 0 Å². The van der Waals surface area contributed by atoms with Gasteiger partial charge in [-0.2, -0.15) is 0 Å². The zero-order valence-electron chi connectivity index (χ0n) is 13.0. The number of carbonyl (C=O) groups excluding carboxylic acids is 1. The molecule has 1 amide bonds. The van der Waals surface area contributed by atoms with Crippen LogP contribution in [-0.4, -0.2) is 55.6 Å². The molecule has 1 aromatic carbocycles. The van der Waals surface area contributed by atoms with E-state index < -0.39 is 6.04 Å². The van der Waals surface area contributed by atoms with E-state index >= 15 is 0 Å². The van der Waals surface area contributed by atoms with Crippen LogP contribution in [0.4, 0.5) is 5.69 Å². The summed E-state index contributed by atoms with van der Waals surface area (Å²) in [6, 6.07) is 10.2. The highest BCUT2D eigenvalue weighted by molar-refractivity contribution is 5.81. The second-order valence-electron chi connectivity index (χ2n) is 5.82. The Kier molecular flexibility index (Phi) is 5.59. The number of carbonyl (C=O) groups is 1. The first-order valence-corrected chi connectivity index (χ1v) is 7.64. The molecule has 1 aliphatic heterocycles. The Labute approximate surface area is 127 Å². The number of nitrogens with two attached hydrogens (primary N) is 1. The number of hydrogen-bond donors (Lipinski definition) is 2. The van der Waals surface area contributed by atoms with Gasteiger partial charge in [0.1, 0.15) is 0 Å². The van der Waals surface area contributed by atoms with Gasteiger partial charge in [-0.15, -0.1) is 0 Å². The van der Waals surface area contributed by atoms with E-state index in [1.165, 1.54) is 5.69 Å². The van der Waals surface area contributed by atoms with Crippen LogP contribution in [0.25, 0.3) is 0 Å². The van der Waals surface area contributed by atoms with Crippen LogP contribution >= 0.6 is 0 Å². The summed E-state index contributed by atoms with van der Waals surface area (Å²) in [7, 11) is 0. The number of nitrogens with zero attached hydrogens (tertiary/aromatic N) is 2. The lowest BCUT2D eigenvalue weighted by Gasteiger charge is -2.37. The van der Waals surface area contributed by atoms with Crippen molar-refractivity contribution in [2.45, 2.75) is 25.9 Å². The topological polar surface area (TPSA) is 61.6 Å². The average molecular weight is 290 g/mol. The number of nitrogens with one attached hydrogen (secondary N) is 1. The molecule has 21 heavy (non-hydrogen) atoms. The summed E-state index contributed by atoms with van der Waals surface area (Å²) in [6.07, 6.45) is 0. The van der Waals surface area contributed by atoms with E-state index in [1.54, 1.807) is 6.92 Å². The minimum atomic E-state index is -0.442. The van der Waals surface area contributed by atoms with Gasteiger partial charge in [0.25, 0.3) is 0 Å². The van der Waals surface area contributed by atoms with Gasteiger partial charge < -0.3 is 16.0 Å². The lowest BCUT2D eigenvalue weighted by molar-refractivity contribution is -0.122. The molecule has 0 radical (unpaired) electrons. The van der Waals surface area contributed by atoms with Gasteiger partial charge in [-0.3, -0.25) is 9.69 Å². The first kappa shape index (κ1) is 15.8. The van der Waals surface area contributed by atoms with Crippen molar-refractivity contribution >= 4 is 11.6 Å². The molecule has 0 aromatic heterocycles. The monoisotopic (exact) mass is 290 g/mol. The van der Waals surface area contributed by atoms with Crippen molar-refractivity contribution < 1.29 is 4.79 Å². The van der Waals surface area contributed by atoms with Crippen LogP contribution in [0.15, 0.2) is 30.3 Å². The molecule has 0 bridgehead atoms. The first-order valence-electron chi connectivity index (χ1n) is 7.64. The van der Waals surface area contributed by atoms with Crippen molar-refractivity contribution in [3.63, 3.8) is 0 Å². The fourth-order valence-electron chi connectivity index (χ4n) is 2.63. The maximum atomic E-state index is 11.6. The number of anilines is 1. The Morgan fingerprint density at radius 1 is 1.19 bits per heavy atom. The highest BCUT2D eigenvalue weighted by Gasteiger charge is 2.19. The second kappa shape index (κ2) is 7.43. The summed E-state index contributed by atoms with van der Waals surface area (Å²) in [5.41, 5.74) is 6.86. The minimum absolute atomic E-state index is 0.0783. The van der Waals surface area contributed by atoms with Crippen molar-refractivity contribution in [2.24, 2.45) is 5.73 Å². The van der Waals surface area contributed by atoms with Crippen LogP contribution < -0.4 is 16.0 Å². The minimum Gasteiger partial charge on any atom is -0.369 e. The van der Waals surface area contributed by atoms with Gasteiger partial charge in [-0.1, -0.05) is 18.2 Å². The maximum absolute atomic E-state index is 11.6. The Hall–Kier alpha value is -1.59. The molecule has 1 fully saturated rings. The van der Waals surface area contributed by atoms with Gasteiger partial charge in [0, 0.05) is 44.5 Å². The van der Waals surface area contributed by atoms with Gasteiger partial charge >= 0.3 is 0 Å². The van der Waals surface area contributed by atoms with E-state index in [4.69, 9.17) is 5.73 Å². The van der Waals surface area contributed by atoms with Crippen LogP contribution in [-0.2, 0) is 4.79 Å². The smallest absolute Gasteiger partial charge is 0.236 e. The highest BCUT2D eigenvalue weighted by Crippen LogP contribution is 2.15. The third kappa shape index (κ3) is 4.72. The summed E-state index contributed by atoms with van der Waals surface area (Å²) in [6.45, 7) is 8.71. The number of piperazine rings is 1. The lowest BCUT2D eigenvalue weighted by Crippen LogP contribution is -2.52. The maximum Gasteiger partial charge on any atom is 0.236 e. The standard InChI is InChI=1S/C16H26N4O/c1-13(18-16(21)14(2)17)12-19-8-10-20(11-9-19)15-6-4-3-5-7-15/h3-7,13-14H,8-12,17H2,1-2H3,(H,18,21). The lowest BCUT2D eigenvalue weighted by atomic mass is 10.2. The van der Waals surface area contributed by atoms with Crippen LogP contribution in [0.3, 0.4) is 0 Å². The molecule has 0 spiro atoms. The molecule has 1 aromatic rings. The number of hydrogen-bond acceptors (Lipinski definition) is 4. The van der Waals surface area contributed by atoms with Crippen LogP contribution in [0.2, 0.25) is 0 Å². The largest absolute Gasteiger partial charge is 0.369 e. The zero-order chi connectivity index (χ0) is 15.2. The summed E-state index contributed by atoms with van der Waals surface area (Å²) >= 11 is 0. The molecule has 3 N–H and O–H groups in total. The van der Waals surface area contributed by atoms with Crippen molar-refractivity contribution in [2.75, 3.05) is 37.6 Å². The number of rotatable bonds is 5. The molecular weight excluding hydrogens is 264 g/mol. The molecule has 0 aliphatic carbocycles. The van der Waals surface area contributed by atoms with E-state index in [2.05, 4.69) is 39.4 Å². The van der Waals surface area contributed by atoms with Gasteiger partial charge in [-0.05, 0) is 26.0 Å². The number of benzene rings is 1. The zero-order valence-corrected chi connectivity index (χ0v) is 13.0. The van der Waals surface area contributed by atoms with Crippen LogP contribution in [0.1, 0.15) is 13.8 Å². The second-order valence-corrected chi connectivity index (χ2v) is 5.82. The molecule has 1 aliphatic rings. The third-order valence-corrected chi connectivity index (χ3v) is 3.83. The predicted molar refractivity (Wildman–Crippen MR) is 86.3 cm³/mol. The van der Waals surface area contributed by atoms with E-state index in [0.29, 0.717) is 0 Å². The fraction of sp³-hybridized carbons (Fsp3) is 0.562. The Morgan fingerprint density at radius 2 is 1.81 bits per heavy atom. The van der Waals surface area contributed by atoms with E-state index in [-0.39, 0.29) is 11.9 Å². The molecule has 116 valence electrons. The van der Waals surface area contributed by atoms with E-state index in [0.717, 1.165) is 32.7 Å². The number of amides is 1. The van der Waals surface area contributed by atoms with Crippen molar-refractivity contribution in [3.8, 4) is 0 Å². The summed E-state index contributed by atoms with van der Waals surface area (Å²) in [5.74, 6) is -0.0783. The molecule has 5 nitrogen and oxygen atoms in total. The molecule has 2 unspecified atom stereocenters. The van der Waals surface area contributed by atoms with Crippen LogP contribution in [0.5, 0.6) is 0 Å². The highest BCUT2D eigenvalue weighted by atomic mass is 16.2. The average Bonchev–Trinajstić information content (AvgIpc) is 2.48. The summed E-state index contributed by atoms with van der Waals surface area (Å²) < 4.78 is 0. The van der Waals surface area contributed by atoms with Gasteiger partial charge in [0.05, 0.1) is 6.04 Å². The van der Waals surface area contributed by atoms with E-state index in [9.17, 15) is 4.79 Å². The number of para-hydroxylation sites is 1. The fourth-order valence-corrected chi connectivity index (χ4v) is 2.63. The molecule has 2 rings (SSSR count). The molecular formula is C16H26N4O. The van der Waals surface area contributed by atoms with E-state index in [1.807, 2.05) is 13.0 Å². The van der Waals surface area contributed by atoms with Gasteiger partial charge in [-0.25, -0.2) is 0 Å². The third-order valence-electron chi connectivity index (χ3n) is 3.83. The Morgan fingerprint density at radius 3 is 2.38 bits per heavy atom. The summed E-state index contributed by atoms with van der Waals surface area (Å²) in [5, 5.41) is 2.95.